The molecule has 0 spiro atoms. The van der Waals surface area contributed by atoms with Crippen molar-refractivity contribution in [3.05, 3.63) is 75.5 Å². The Hall–Kier alpha value is -2.50. The third-order valence-electron chi connectivity index (χ3n) is 4.87. The summed E-state index contributed by atoms with van der Waals surface area (Å²) in [4.78, 5) is 2.39. The van der Waals surface area contributed by atoms with Gasteiger partial charge in [0.25, 0.3) is 0 Å². The van der Waals surface area contributed by atoms with E-state index >= 15 is 0 Å². The lowest BCUT2D eigenvalue weighted by atomic mass is 10.1. The number of nitrogens with zero attached hydrogens (tertiary/aromatic N) is 1. The van der Waals surface area contributed by atoms with Crippen LogP contribution in [0.25, 0.3) is 0 Å². The number of methoxy groups -OCH3 is 1. The normalized spacial score (nSPS) is 17.0. The zero-order valence-corrected chi connectivity index (χ0v) is 16.3. The van der Waals surface area contributed by atoms with Crippen molar-refractivity contribution in [2.45, 2.75) is 26.1 Å². The van der Waals surface area contributed by atoms with Gasteiger partial charge in [-0.1, -0.05) is 23.8 Å². The topological polar surface area (TPSA) is 41.9 Å². The maximum absolute atomic E-state index is 9.86. The number of aromatic hydroxyl groups is 1. The summed E-state index contributed by atoms with van der Waals surface area (Å²) >= 11 is 1.69. The lowest BCUT2D eigenvalue weighted by Crippen LogP contribution is -2.27. The number of benzene rings is 2. The van der Waals surface area contributed by atoms with Gasteiger partial charge in [0.15, 0.2) is 11.5 Å². The average molecular weight is 381 g/mol. The molecule has 0 radical (unpaired) electrons. The molecule has 2 aromatic carbocycles. The van der Waals surface area contributed by atoms with Crippen LogP contribution in [-0.4, -0.2) is 23.7 Å². The predicted octanol–water partition coefficient (Wildman–Crippen LogP) is 4.91. The van der Waals surface area contributed by atoms with Gasteiger partial charge in [-0.2, -0.15) is 11.3 Å². The van der Waals surface area contributed by atoms with E-state index < -0.39 is 0 Å². The van der Waals surface area contributed by atoms with Crippen molar-refractivity contribution in [2.75, 3.05) is 13.7 Å². The highest BCUT2D eigenvalue weighted by molar-refractivity contribution is 7.07. The molecule has 140 valence electrons. The number of aryl methyl sites for hydroxylation is 1. The second-order valence-corrected chi connectivity index (χ2v) is 7.73. The molecule has 0 amide bonds. The van der Waals surface area contributed by atoms with E-state index in [-0.39, 0.29) is 11.9 Å². The SMILES string of the molecule is COc1cc(CN2Cc3cc(C)ccc3OC(c3ccsc3)C2)ccc1O. The largest absolute Gasteiger partial charge is 0.504 e. The van der Waals surface area contributed by atoms with Crippen molar-refractivity contribution in [3.8, 4) is 17.2 Å². The van der Waals surface area contributed by atoms with Crippen molar-refractivity contribution in [1.29, 1.82) is 0 Å². The molecule has 3 aromatic rings. The molecule has 4 nitrogen and oxygen atoms in total. The van der Waals surface area contributed by atoms with Crippen molar-refractivity contribution in [1.82, 2.24) is 4.90 Å². The van der Waals surface area contributed by atoms with E-state index in [4.69, 9.17) is 9.47 Å². The predicted molar refractivity (Wildman–Crippen MR) is 108 cm³/mol. The first-order chi connectivity index (χ1) is 13.1. The van der Waals surface area contributed by atoms with Gasteiger partial charge in [0, 0.05) is 30.8 Å². The highest BCUT2D eigenvalue weighted by Gasteiger charge is 2.25. The van der Waals surface area contributed by atoms with E-state index in [0.29, 0.717) is 5.75 Å². The lowest BCUT2D eigenvalue weighted by molar-refractivity contribution is 0.144. The Morgan fingerprint density at radius 3 is 2.89 bits per heavy atom. The van der Waals surface area contributed by atoms with Crippen LogP contribution >= 0.6 is 11.3 Å². The molecule has 1 unspecified atom stereocenters. The lowest BCUT2D eigenvalue weighted by Gasteiger charge is -2.24. The van der Waals surface area contributed by atoms with Gasteiger partial charge in [0.2, 0.25) is 0 Å². The maximum atomic E-state index is 9.86. The summed E-state index contributed by atoms with van der Waals surface area (Å²) < 4.78 is 11.6. The van der Waals surface area contributed by atoms with Crippen LogP contribution in [0.3, 0.4) is 0 Å². The van der Waals surface area contributed by atoms with Gasteiger partial charge in [-0.05, 0) is 47.5 Å². The van der Waals surface area contributed by atoms with Crippen LogP contribution in [0.5, 0.6) is 17.2 Å². The fourth-order valence-corrected chi connectivity index (χ4v) is 4.21. The molecule has 27 heavy (non-hydrogen) atoms. The molecule has 0 aliphatic carbocycles. The molecule has 0 fully saturated rings. The molecular formula is C22H23NO3S. The second-order valence-electron chi connectivity index (χ2n) is 6.95. The van der Waals surface area contributed by atoms with Gasteiger partial charge in [-0.15, -0.1) is 0 Å². The van der Waals surface area contributed by atoms with Crippen molar-refractivity contribution >= 4 is 11.3 Å². The van der Waals surface area contributed by atoms with E-state index in [1.165, 1.54) is 16.7 Å². The second kappa shape index (κ2) is 7.62. The quantitative estimate of drug-likeness (QED) is 0.697. The number of ether oxygens (including phenoxy) is 2. The summed E-state index contributed by atoms with van der Waals surface area (Å²) in [5.41, 5.74) is 4.75. The van der Waals surface area contributed by atoms with E-state index in [2.05, 4.69) is 46.8 Å². The average Bonchev–Trinajstić information content (AvgIpc) is 3.13. The van der Waals surface area contributed by atoms with Crippen molar-refractivity contribution in [2.24, 2.45) is 0 Å². The van der Waals surface area contributed by atoms with Gasteiger partial charge < -0.3 is 14.6 Å². The molecule has 1 aliphatic heterocycles. The minimum absolute atomic E-state index is 0.000725. The number of hydrogen-bond acceptors (Lipinski definition) is 5. The Bertz CT molecular complexity index is 923. The summed E-state index contributed by atoms with van der Waals surface area (Å²) in [5, 5.41) is 14.1. The molecule has 5 heteroatoms. The minimum Gasteiger partial charge on any atom is -0.504 e. The summed E-state index contributed by atoms with van der Waals surface area (Å²) in [6.07, 6.45) is -0.000725. The minimum atomic E-state index is -0.000725. The van der Waals surface area contributed by atoms with Crippen LogP contribution in [0.2, 0.25) is 0 Å². The zero-order valence-electron chi connectivity index (χ0n) is 15.5. The molecule has 1 aromatic heterocycles. The van der Waals surface area contributed by atoms with Crippen LogP contribution < -0.4 is 9.47 Å². The fraction of sp³-hybridized carbons (Fsp3) is 0.273. The van der Waals surface area contributed by atoms with Gasteiger partial charge in [0.1, 0.15) is 11.9 Å². The maximum Gasteiger partial charge on any atom is 0.160 e. The third-order valence-corrected chi connectivity index (χ3v) is 5.57. The molecule has 0 saturated heterocycles. The van der Waals surface area contributed by atoms with Crippen LogP contribution in [0.15, 0.2) is 53.2 Å². The molecule has 1 N–H and O–H groups in total. The Kier molecular flexibility index (Phi) is 5.05. The van der Waals surface area contributed by atoms with Crippen LogP contribution in [0.4, 0.5) is 0 Å². The molecule has 0 bridgehead atoms. The van der Waals surface area contributed by atoms with Crippen molar-refractivity contribution in [3.63, 3.8) is 0 Å². The van der Waals surface area contributed by atoms with E-state index in [1.807, 2.05) is 12.1 Å². The number of thiophene rings is 1. The smallest absolute Gasteiger partial charge is 0.160 e. The number of hydrogen-bond donors (Lipinski definition) is 1. The standard InChI is InChI=1S/C22H23NO3S/c1-15-3-6-20-18(9-15)12-23(13-22(26-20)17-7-8-27-14-17)11-16-4-5-19(24)21(10-16)25-2/h3-10,14,22,24H,11-13H2,1-2H3. The van der Waals surface area contributed by atoms with E-state index in [0.717, 1.165) is 30.9 Å². The first-order valence-electron chi connectivity index (χ1n) is 8.99. The van der Waals surface area contributed by atoms with Gasteiger partial charge in [0.05, 0.1) is 7.11 Å². The summed E-state index contributed by atoms with van der Waals surface area (Å²) in [6, 6.07) is 14.1. The molecule has 0 saturated carbocycles. The monoisotopic (exact) mass is 381 g/mol. The zero-order chi connectivity index (χ0) is 18.8. The Morgan fingerprint density at radius 2 is 2.11 bits per heavy atom. The van der Waals surface area contributed by atoms with E-state index in [9.17, 15) is 5.11 Å². The number of phenols is 1. The number of phenolic OH excluding ortho intramolecular Hbond substituents is 1. The highest BCUT2D eigenvalue weighted by Crippen LogP contribution is 2.34. The number of rotatable bonds is 4. The summed E-state index contributed by atoms with van der Waals surface area (Å²) in [6.45, 7) is 4.49. The summed E-state index contributed by atoms with van der Waals surface area (Å²) in [7, 11) is 1.57. The summed E-state index contributed by atoms with van der Waals surface area (Å²) in [5.74, 6) is 1.63. The number of fused-ring (bicyclic) bond motifs is 1. The van der Waals surface area contributed by atoms with Crippen LogP contribution in [0, 0.1) is 6.92 Å². The van der Waals surface area contributed by atoms with Gasteiger partial charge in [-0.3, -0.25) is 4.90 Å². The first-order valence-corrected chi connectivity index (χ1v) is 9.93. The fourth-order valence-electron chi connectivity index (χ4n) is 3.51. The Labute approximate surface area is 163 Å². The van der Waals surface area contributed by atoms with Crippen LogP contribution in [-0.2, 0) is 13.1 Å². The molecular weight excluding hydrogens is 358 g/mol. The third kappa shape index (κ3) is 3.94. The molecule has 1 aliphatic rings. The highest BCUT2D eigenvalue weighted by atomic mass is 32.1. The van der Waals surface area contributed by atoms with E-state index in [1.54, 1.807) is 24.5 Å². The van der Waals surface area contributed by atoms with Gasteiger partial charge in [-0.25, -0.2) is 0 Å². The first kappa shape index (κ1) is 17.9. The van der Waals surface area contributed by atoms with Crippen molar-refractivity contribution < 1.29 is 14.6 Å². The molecule has 4 rings (SSSR count). The van der Waals surface area contributed by atoms with Crippen LogP contribution in [0.1, 0.15) is 28.4 Å². The molecule has 2 heterocycles. The Morgan fingerprint density at radius 1 is 1.22 bits per heavy atom. The Balaban J connectivity index is 1.64. The van der Waals surface area contributed by atoms with Gasteiger partial charge >= 0.3 is 0 Å². The molecule has 1 atom stereocenters.